The number of β-amino-alcohol motifs (C(OH)–C–C–N with tert-alkyl or cyclic N) is 1. The van der Waals surface area contributed by atoms with Crippen LogP contribution in [0.1, 0.15) is 12.5 Å². The summed E-state index contributed by atoms with van der Waals surface area (Å²) in [5.74, 6) is 0.906. The van der Waals surface area contributed by atoms with Gasteiger partial charge in [-0.2, -0.15) is 15.5 Å². The third kappa shape index (κ3) is 4.16. The van der Waals surface area contributed by atoms with Crippen LogP contribution >= 0.6 is 0 Å². The summed E-state index contributed by atoms with van der Waals surface area (Å²) in [6.45, 7) is 6.02. The van der Waals surface area contributed by atoms with Gasteiger partial charge in [0.05, 0.1) is 36.1 Å². The molecule has 1 saturated heterocycles. The monoisotopic (exact) mass is 443 g/mol. The van der Waals surface area contributed by atoms with Gasteiger partial charge in [0.25, 0.3) is 0 Å². The minimum Gasteiger partial charge on any atom is -0.392 e. The van der Waals surface area contributed by atoms with Crippen molar-refractivity contribution >= 4 is 11.3 Å². The minimum atomic E-state index is -0.317. The van der Waals surface area contributed by atoms with Gasteiger partial charge in [0.2, 0.25) is 0 Å². The second-order valence-corrected chi connectivity index (χ2v) is 8.38. The summed E-state index contributed by atoms with van der Waals surface area (Å²) < 4.78 is 3.42. The van der Waals surface area contributed by atoms with Crippen molar-refractivity contribution in [3.05, 3.63) is 48.7 Å². The van der Waals surface area contributed by atoms with Crippen LogP contribution in [0.3, 0.4) is 0 Å². The smallest absolute Gasteiger partial charge is 0.128 e. The first kappa shape index (κ1) is 21.1. The molecule has 0 aromatic carbocycles. The molecule has 0 spiro atoms. The summed E-state index contributed by atoms with van der Waals surface area (Å²) in [5.41, 5.74) is 4.19. The van der Waals surface area contributed by atoms with Crippen molar-refractivity contribution in [3.8, 4) is 28.6 Å². The Balaban J connectivity index is 1.46. The largest absolute Gasteiger partial charge is 0.392 e. The number of aliphatic hydroxyl groups is 1. The predicted molar refractivity (Wildman–Crippen MR) is 123 cm³/mol. The fraction of sp³-hybridized carbons (Fsp3) is 0.348. The fourth-order valence-corrected chi connectivity index (χ4v) is 4.24. The summed E-state index contributed by atoms with van der Waals surface area (Å²) in [6, 6.07) is 6.20. The maximum atomic E-state index is 9.61. The summed E-state index contributed by atoms with van der Waals surface area (Å²) >= 11 is 0. The van der Waals surface area contributed by atoms with Gasteiger partial charge < -0.3 is 10.0 Å². The van der Waals surface area contributed by atoms with E-state index in [-0.39, 0.29) is 6.10 Å². The van der Waals surface area contributed by atoms with E-state index in [0.29, 0.717) is 23.3 Å². The molecule has 1 fully saturated rings. The van der Waals surface area contributed by atoms with Gasteiger partial charge >= 0.3 is 0 Å². The van der Waals surface area contributed by atoms with Crippen molar-refractivity contribution in [2.24, 2.45) is 7.05 Å². The van der Waals surface area contributed by atoms with E-state index in [2.05, 4.69) is 26.1 Å². The number of hydrogen-bond acceptors (Lipinski definition) is 8. The molecule has 0 bridgehead atoms. The lowest BCUT2D eigenvalue weighted by Crippen LogP contribution is -2.48. The number of hydrogen-bond donors (Lipinski definition) is 1. The number of aromatic nitrogens is 6. The molecule has 0 radical (unpaired) electrons. The molecule has 5 rings (SSSR count). The molecule has 1 aliphatic heterocycles. The second-order valence-electron chi connectivity index (χ2n) is 8.38. The number of nitrogens with zero attached hydrogens (tertiary/aromatic N) is 9. The van der Waals surface area contributed by atoms with Crippen molar-refractivity contribution < 1.29 is 5.11 Å². The van der Waals surface area contributed by atoms with Crippen LogP contribution in [-0.2, 0) is 7.05 Å². The van der Waals surface area contributed by atoms with Crippen LogP contribution in [0.25, 0.3) is 28.0 Å². The SMILES string of the molecule is CC(O)CN1CCN(c2ccc(-c3nc(-c4cnn(C)c4)cn4ncc(C#N)c34)cn2)CC1. The Hall–Kier alpha value is -3.81. The van der Waals surface area contributed by atoms with Crippen LogP contribution in [-0.4, -0.2) is 78.2 Å². The first-order chi connectivity index (χ1) is 16.0. The van der Waals surface area contributed by atoms with Gasteiger partial charge in [-0.1, -0.05) is 0 Å². The summed E-state index contributed by atoms with van der Waals surface area (Å²) in [6.07, 6.45) is 8.51. The highest BCUT2D eigenvalue weighted by atomic mass is 16.3. The van der Waals surface area contributed by atoms with E-state index in [0.717, 1.165) is 48.8 Å². The molecule has 1 aliphatic rings. The van der Waals surface area contributed by atoms with Crippen molar-refractivity contribution in [1.29, 1.82) is 5.26 Å². The molecule has 0 aliphatic carbocycles. The lowest BCUT2D eigenvalue weighted by Gasteiger charge is -2.35. The van der Waals surface area contributed by atoms with Crippen LogP contribution in [0.4, 0.5) is 5.82 Å². The highest BCUT2D eigenvalue weighted by Crippen LogP contribution is 2.29. The number of pyridine rings is 1. The highest BCUT2D eigenvalue weighted by molar-refractivity contribution is 5.83. The number of rotatable bonds is 5. The molecule has 5 heterocycles. The first-order valence-corrected chi connectivity index (χ1v) is 10.9. The Bertz CT molecular complexity index is 1310. The third-order valence-corrected chi connectivity index (χ3v) is 5.86. The molecule has 0 amide bonds. The fourth-order valence-electron chi connectivity index (χ4n) is 4.24. The number of piperazine rings is 1. The Morgan fingerprint density at radius 2 is 1.88 bits per heavy atom. The average molecular weight is 444 g/mol. The van der Waals surface area contributed by atoms with E-state index >= 15 is 0 Å². The Morgan fingerprint density at radius 3 is 2.52 bits per heavy atom. The lowest BCUT2D eigenvalue weighted by molar-refractivity contribution is 0.122. The van der Waals surface area contributed by atoms with Crippen LogP contribution in [0.2, 0.25) is 0 Å². The molecule has 1 atom stereocenters. The molecule has 4 aromatic heterocycles. The number of aliphatic hydroxyl groups excluding tert-OH is 1. The summed E-state index contributed by atoms with van der Waals surface area (Å²) in [5, 5.41) is 27.8. The van der Waals surface area contributed by atoms with Gasteiger partial charge in [-0.25, -0.2) is 14.5 Å². The Morgan fingerprint density at radius 1 is 1.06 bits per heavy atom. The van der Waals surface area contributed by atoms with Crippen molar-refractivity contribution in [2.75, 3.05) is 37.6 Å². The van der Waals surface area contributed by atoms with Crippen LogP contribution < -0.4 is 4.90 Å². The normalized spacial score (nSPS) is 15.6. The van der Waals surface area contributed by atoms with Crippen molar-refractivity contribution in [3.63, 3.8) is 0 Å². The van der Waals surface area contributed by atoms with E-state index in [1.54, 1.807) is 27.8 Å². The molecule has 1 unspecified atom stereocenters. The second kappa shape index (κ2) is 8.61. The van der Waals surface area contributed by atoms with E-state index in [9.17, 15) is 10.4 Å². The zero-order chi connectivity index (χ0) is 22.9. The zero-order valence-electron chi connectivity index (χ0n) is 18.6. The van der Waals surface area contributed by atoms with E-state index in [4.69, 9.17) is 9.97 Å². The van der Waals surface area contributed by atoms with Gasteiger partial charge in [0.15, 0.2) is 0 Å². The van der Waals surface area contributed by atoms with E-state index < -0.39 is 0 Å². The lowest BCUT2D eigenvalue weighted by atomic mass is 10.1. The van der Waals surface area contributed by atoms with E-state index in [1.807, 2.05) is 38.5 Å². The Kier molecular flexibility index (Phi) is 5.50. The van der Waals surface area contributed by atoms with Gasteiger partial charge in [-0.3, -0.25) is 9.58 Å². The maximum absolute atomic E-state index is 9.61. The molecule has 0 saturated carbocycles. The maximum Gasteiger partial charge on any atom is 0.128 e. The number of anilines is 1. The first-order valence-electron chi connectivity index (χ1n) is 10.9. The molecule has 33 heavy (non-hydrogen) atoms. The predicted octanol–water partition coefficient (Wildman–Crippen LogP) is 1.57. The van der Waals surface area contributed by atoms with Gasteiger partial charge in [-0.15, -0.1) is 0 Å². The molecule has 10 heteroatoms. The van der Waals surface area contributed by atoms with Gasteiger partial charge in [0, 0.05) is 63.3 Å². The number of nitriles is 1. The summed E-state index contributed by atoms with van der Waals surface area (Å²) in [7, 11) is 1.86. The quantitative estimate of drug-likeness (QED) is 0.495. The highest BCUT2D eigenvalue weighted by Gasteiger charge is 2.20. The molecule has 168 valence electrons. The Labute approximate surface area is 191 Å². The van der Waals surface area contributed by atoms with Crippen LogP contribution in [0, 0.1) is 11.3 Å². The standard InChI is InChI=1S/C23H25N9O/c1-16(33)13-30-5-7-31(8-6-30)21-4-3-17(10-25-21)22-23-18(9-24)11-27-32(23)15-20(28-22)19-12-26-29(2)14-19/h3-4,10-12,14-16,33H,5-8,13H2,1-2H3. The molecule has 1 N–H and O–H groups in total. The number of fused-ring (bicyclic) bond motifs is 1. The van der Waals surface area contributed by atoms with Gasteiger partial charge in [-0.05, 0) is 19.1 Å². The van der Waals surface area contributed by atoms with Crippen molar-refractivity contribution in [1.82, 2.24) is 34.3 Å². The number of aryl methyl sites for hydroxylation is 1. The minimum absolute atomic E-state index is 0.317. The molecule has 4 aromatic rings. The zero-order valence-corrected chi connectivity index (χ0v) is 18.6. The average Bonchev–Trinajstić information content (AvgIpc) is 3.44. The van der Waals surface area contributed by atoms with Crippen LogP contribution in [0.5, 0.6) is 0 Å². The molecular weight excluding hydrogens is 418 g/mol. The third-order valence-electron chi connectivity index (χ3n) is 5.86. The van der Waals surface area contributed by atoms with E-state index in [1.165, 1.54) is 0 Å². The molecular formula is C23H25N9O. The molecule has 10 nitrogen and oxygen atoms in total. The van der Waals surface area contributed by atoms with Gasteiger partial charge in [0.1, 0.15) is 23.0 Å². The van der Waals surface area contributed by atoms with Crippen LogP contribution in [0.15, 0.2) is 43.1 Å². The summed E-state index contributed by atoms with van der Waals surface area (Å²) in [4.78, 5) is 14.1. The van der Waals surface area contributed by atoms with Crippen molar-refractivity contribution in [2.45, 2.75) is 13.0 Å². The topological polar surface area (TPSA) is 111 Å².